The van der Waals surface area contributed by atoms with Crippen molar-refractivity contribution in [2.45, 2.75) is 18.9 Å². The van der Waals surface area contributed by atoms with Gasteiger partial charge >= 0.3 is 0 Å². The van der Waals surface area contributed by atoms with Gasteiger partial charge in [0.1, 0.15) is 12.4 Å². The third-order valence-corrected chi connectivity index (χ3v) is 3.91. The van der Waals surface area contributed by atoms with Crippen LogP contribution in [0.15, 0.2) is 30.4 Å². The van der Waals surface area contributed by atoms with Crippen LogP contribution in [0.5, 0.6) is 5.75 Å². The average Bonchev–Trinajstić information content (AvgIpc) is 2.75. The van der Waals surface area contributed by atoms with Crippen LogP contribution in [0.4, 0.5) is 0 Å². The lowest BCUT2D eigenvalue weighted by atomic mass is 10.2. The molecule has 0 unspecified atom stereocenters. The molecule has 4 heteroatoms. The second-order valence-electron chi connectivity index (χ2n) is 4.51. The Morgan fingerprint density at radius 1 is 1.39 bits per heavy atom. The van der Waals surface area contributed by atoms with Gasteiger partial charge in [0, 0.05) is 12.1 Å². The van der Waals surface area contributed by atoms with Crippen molar-refractivity contribution in [3.8, 4) is 5.75 Å². The molecule has 0 N–H and O–H groups in total. The van der Waals surface area contributed by atoms with Gasteiger partial charge < -0.3 is 4.74 Å². The molecule has 0 saturated carbocycles. The molecule has 0 radical (unpaired) electrons. The van der Waals surface area contributed by atoms with Gasteiger partial charge in [-0.1, -0.05) is 29.3 Å². The number of nitrogens with zero attached hydrogens (tertiary/aromatic N) is 1. The molecule has 1 aromatic rings. The molecular weight excluding hydrogens is 269 g/mol. The normalized spacial score (nSPS) is 20.7. The predicted molar refractivity (Wildman–Crippen MR) is 76.7 cm³/mol. The molecule has 18 heavy (non-hydrogen) atoms. The predicted octanol–water partition coefficient (Wildman–Crippen LogP) is 4.02. The summed E-state index contributed by atoms with van der Waals surface area (Å²) in [6.45, 7) is 1.74. The molecule has 2 nitrogen and oxygen atoms in total. The quantitative estimate of drug-likeness (QED) is 0.775. The van der Waals surface area contributed by atoms with E-state index >= 15 is 0 Å². The van der Waals surface area contributed by atoms with Crippen molar-refractivity contribution >= 4 is 23.2 Å². The molecule has 0 spiro atoms. The molecule has 1 aliphatic rings. The molecule has 0 aromatic heterocycles. The molecule has 1 aromatic carbocycles. The number of rotatable bonds is 4. The number of likely N-dealkylation sites (tertiary alicyclic amines) is 1. The SMILES string of the molecule is CN1CCC[C@H]1/C=C/COc1ccc(Cl)c(Cl)c1. The van der Waals surface area contributed by atoms with Gasteiger partial charge in [0.2, 0.25) is 0 Å². The molecule has 1 atom stereocenters. The summed E-state index contributed by atoms with van der Waals surface area (Å²) in [6, 6.07) is 5.86. The third-order valence-electron chi connectivity index (χ3n) is 3.17. The summed E-state index contributed by atoms with van der Waals surface area (Å²) in [5.74, 6) is 0.744. The van der Waals surface area contributed by atoms with E-state index in [1.54, 1.807) is 12.1 Å². The van der Waals surface area contributed by atoms with Gasteiger partial charge in [-0.2, -0.15) is 0 Å². The Labute approximate surface area is 118 Å². The summed E-state index contributed by atoms with van der Waals surface area (Å²) in [6.07, 6.45) is 6.79. The number of hydrogen-bond acceptors (Lipinski definition) is 2. The number of halogens is 2. The smallest absolute Gasteiger partial charge is 0.121 e. The molecular formula is C14H17Cl2NO. The lowest BCUT2D eigenvalue weighted by molar-refractivity contribution is 0.346. The van der Waals surface area contributed by atoms with E-state index in [2.05, 4.69) is 24.1 Å². The largest absolute Gasteiger partial charge is 0.489 e. The van der Waals surface area contributed by atoms with E-state index in [1.807, 2.05) is 6.07 Å². The first-order chi connectivity index (χ1) is 8.66. The molecule has 1 heterocycles. The van der Waals surface area contributed by atoms with Crippen LogP contribution in [0.25, 0.3) is 0 Å². The second-order valence-corrected chi connectivity index (χ2v) is 5.32. The maximum Gasteiger partial charge on any atom is 0.121 e. The third kappa shape index (κ3) is 3.64. The van der Waals surface area contributed by atoms with Crippen LogP contribution >= 0.6 is 23.2 Å². The van der Waals surface area contributed by atoms with E-state index in [0.29, 0.717) is 22.7 Å². The van der Waals surface area contributed by atoms with E-state index in [1.165, 1.54) is 19.4 Å². The van der Waals surface area contributed by atoms with Crippen molar-refractivity contribution in [2.24, 2.45) is 0 Å². The average molecular weight is 286 g/mol. The van der Waals surface area contributed by atoms with Crippen molar-refractivity contribution in [3.63, 3.8) is 0 Å². The fourth-order valence-electron chi connectivity index (χ4n) is 2.10. The molecule has 1 aliphatic heterocycles. The number of benzene rings is 1. The summed E-state index contributed by atoms with van der Waals surface area (Å²) < 4.78 is 5.59. The van der Waals surface area contributed by atoms with E-state index in [4.69, 9.17) is 27.9 Å². The Bertz CT molecular complexity index is 434. The fraction of sp³-hybridized carbons (Fsp3) is 0.429. The maximum absolute atomic E-state index is 5.91. The standard InChI is InChI=1S/C14H17Cl2NO/c1-17-8-2-4-11(17)5-3-9-18-12-6-7-13(15)14(16)10-12/h3,5-7,10-11H,2,4,8-9H2,1H3/b5-3+/t11-/m0/s1. The number of ether oxygens (including phenoxy) is 1. The summed E-state index contributed by atoms with van der Waals surface area (Å²) in [5, 5.41) is 1.07. The van der Waals surface area contributed by atoms with Gasteiger partial charge in [-0.25, -0.2) is 0 Å². The molecule has 98 valence electrons. The zero-order valence-electron chi connectivity index (χ0n) is 10.4. The molecule has 1 fully saturated rings. The first-order valence-electron chi connectivity index (χ1n) is 6.11. The summed E-state index contributed by atoms with van der Waals surface area (Å²) in [4.78, 5) is 2.36. The van der Waals surface area contributed by atoms with Crippen LogP contribution in [0.3, 0.4) is 0 Å². The van der Waals surface area contributed by atoms with E-state index in [-0.39, 0.29) is 0 Å². The van der Waals surface area contributed by atoms with Crippen molar-refractivity contribution in [3.05, 3.63) is 40.4 Å². The molecule has 0 amide bonds. The van der Waals surface area contributed by atoms with E-state index in [0.717, 1.165) is 5.75 Å². The van der Waals surface area contributed by atoms with E-state index in [9.17, 15) is 0 Å². The van der Waals surface area contributed by atoms with Crippen LogP contribution in [0.2, 0.25) is 10.0 Å². The van der Waals surface area contributed by atoms with Crippen molar-refractivity contribution in [2.75, 3.05) is 20.2 Å². The second kappa shape index (κ2) is 6.46. The van der Waals surface area contributed by atoms with Crippen molar-refractivity contribution in [1.82, 2.24) is 4.90 Å². The number of likely N-dealkylation sites (N-methyl/N-ethyl adjacent to an activating group) is 1. The van der Waals surface area contributed by atoms with Crippen LogP contribution in [-0.2, 0) is 0 Å². The highest BCUT2D eigenvalue weighted by Gasteiger charge is 2.17. The summed E-state index contributed by atoms with van der Waals surface area (Å²) in [7, 11) is 2.15. The van der Waals surface area contributed by atoms with Gasteiger partial charge in [-0.05, 0) is 44.6 Å². The Morgan fingerprint density at radius 3 is 2.89 bits per heavy atom. The number of hydrogen-bond donors (Lipinski definition) is 0. The minimum Gasteiger partial charge on any atom is -0.489 e. The van der Waals surface area contributed by atoms with Gasteiger partial charge in [0.05, 0.1) is 10.0 Å². The maximum atomic E-state index is 5.91. The van der Waals surface area contributed by atoms with Gasteiger partial charge in [0.25, 0.3) is 0 Å². The van der Waals surface area contributed by atoms with Crippen LogP contribution in [0, 0.1) is 0 Å². The first-order valence-corrected chi connectivity index (χ1v) is 6.87. The lowest BCUT2D eigenvalue weighted by Gasteiger charge is -2.14. The Kier molecular flexibility index (Phi) is 4.93. The van der Waals surface area contributed by atoms with E-state index < -0.39 is 0 Å². The minimum atomic E-state index is 0.522. The van der Waals surface area contributed by atoms with Gasteiger partial charge in [0.15, 0.2) is 0 Å². The summed E-state index contributed by atoms with van der Waals surface area (Å²) in [5.41, 5.74) is 0. The Morgan fingerprint density at radius 2 is 2.22 bits per heavy atom. The zero-order valence-corrected chi connectivity index (χ0v) is 11.9. The highest BCUT2D eigenvalue weighted by atomic mass is 35.5. The van der Waals surface area contributed by atoms with Crippen LogP contribution in [-0.4, -0.2) is 31.1 Å². The summed E-state index contributed by atoms with van der Waals surface area (Å²) >= 11 is 11.7. The minimum absolute atomic E-state index is 0.522. The Hall–Kier alpha value is -0.700. The van der Waals surface area contributed by atoms with Crippen LogP contribution in [0.1, 0.15) is 12.8 Å². The molecule has 2 rings (SSSR count). The van der Waals surface area contributed by atoms with Gasteiger partial charge in [-0.15, -0.1) is 0 Å². The fourth-order valence-corrected chi connectivity index (χ4v) is 2.39. The first kappa shape index (κ1) is 13.7. The molecule has 0 bridgehead atoms. The van der Waals surface area contributed by atoms with Crippen molar-refractivity contribution < 1.29 is 4.74 Å². The monoisotopic (exact) mass is 285 g/mol. The molecule has 0 aliphatic carbocycles. The molecule has 1 saturated heterocycles. The highest BCUT2D eigenvalue weighted by Crippen LogP contribution is 2.26. The van der Waals surface area contributed by atoms with Gasteiger partial charge in [-0.3, -0.25) is 4.90 Å². The van der Waals surface area contributed by atoms with Crippen LogP contribution < -0.4 is 4.74 Å². The lowest BCUT2D eigenvalue weighted by Crippen LogP contribution is -2.22. The van der Waals surface area contributed by atoms with Crippen molar-refractivity contribution in [1.29, 1.82) is 0 Å². The highest BCUT2D eigenvalue weighted by molar-refractivity contribution is 6.42. The Balaban J connectivity index is 1.81. The zero-order chi connectivity index (χ0) is 13.0. The topological polar surface area (TPSA) is 12.5 Å².